The first kappa shape index (κ1) is 19.0. The Morgan fingerprint density at radius 3 is 2.68 bits per heavy atom. The quantitative estimate of drug-likeness (QED) is 0.356. The van der Waals surface area contributed by atoms with Crippen LogP contribution >= 0.6 is 24.0 Å². The Bertz CT molecular complexity index is 466. The minimum absolute atomic E-state index is 0. The summed E-state index contributed by atoms with van der Waals surface area (Å²) >= 11 is 0. The predicted octanol–water partition coefficient (Wildman–Crippen LogP) is 1.89. The van der Waals surface area contributed by atoms with Crippen LogP contribution in [0.3, 0.4) is 0 Å². The van der Waals surface area contributed by atoms with Crippen LogP contribution in [0, 0.1) is 11.7 Å². The molecule has 1 unspecified atom stereocenters. The van der Waals surface area contributed by atoms with E-state index in [1.165, 1.54) is 43.5 Å². The molecule has 0 radical (unpaired) electrons. The Morgan fingerprint density at radius 1 is 1.41 bits per heavy atom. The average Bonchev–Trinajstić information content (AvgIpc) is 2.43. The summed E-state index contributed by atoms with van der Waals surface area (Å²) in [6.45, 7) is 1.10. The Balaban J connectivity index is 0.00000242. The second-order valence-electron chi connectivity index (χ2n) is 5.32. The van der Waals surface area contributed by atoms with E-state index in [-0.39, 0.29) is 42.9 Å². The van der Waals surface area contributed by atoms with Crippen LogP contribution in [-0.4, -0.2) is 36.9 Å². The summed E-state index contributed by atoms with van der Waals surface area (Å²) in [6.07, 6.45) is 3.03. The van der Waals surface area contributed by atoms with Gasteiger partial charge in [-0.25, -0.2) is 4.39 Å². The predicted molar refractivity (Wildman–Crippen MR) is 95.1 cm³/mol. The zero-order chi connectivity index (χ0) is 15.1. The van der Waals surface area contributed by atoms with Gasteiger partial charge >= 0.3 is 0 Å². The normalized spacial score (nSPS) is 16.4. The maximum Gasteiger partial charge on any atom is 0.188 e. The fraction of sp³-hybridized carbons (Fsp3) is 0.533. The molecule has 1 aromatic carbocycles. The Labute approximate surface area is 147 Å². The second kappa shape index (κ2) is 9.83. The highest BCUT2D eigenvalue weighted by Gasteiger charge is 2.16. The molecule has 22 heavy (non-hydrogen) atoms. The van der Waals surface area contributed by atoms with Gasteiger partial charge in [-0.3, -0.25) is 4.99 Å². The lowest BCUT2D eigenvalue weighted by Crippen LogP contribution is -2.38. The lowest BCUT2D eigenvalue weighted by Gasteiger charge is -2.25. The zero-order valence-corrected chi connectivity index (χ0v) is 14.7. The summed E-state index contributed by atoms with van der Waals surface area (Å²) in [5, 5.41) is 12.8. The molecule has 1 saturated carbocycles. The van der Waals surface area contributed by atoms with Crippen LogP contribution < -0.4 is 15.8 Å². The van der Waals surface area contributed by atoms with E-state index in [1.807, 2.05) is 0 Å². The van der Waals surface area contributed by atoms with E-state index < -0.39 is 6.10 Å². The first-order chi connectivity index (χ1) is 10.1. The van der Waals surface area contributed by atoms with E-state index in [4.69, 9.17) is 10.5 Å². The number of benzene rings is 1. The molecule has 0 aliphatic heterocycles. The third kappa shape index (κ3) is 6.78. The number of guanidine groups is 1. The van der Waals surface area contributed by atoms with Crippen molar-refractivity contribution in [2.75, 3.05) is 19.7 Å². The lowest BCUT2D eigenvalue weighted by molar-refractivity contribution is 0.114. The number of nitrogens with two attached hydrogens (primary N) is 1. The number of nitrogens with one attached hydrogen (secondary N) is 1. The number of aliphatic hydroxyl groups excluding tert-OH is 1. The van der Waals surface area contributed by atoms with E-state index in [0.29, 0.717) is 17.6 Å². The van der Waals surface area contributed by atoms with E-state index in [2.05, 4.69) is 10.3 Å². The van der Waals surface area contributed by atoms with Gasteiger partial charge < -0.3 is 20.9 Å². The Hall–Kier alpha value is -1.09. The molecule has 5 nitrogen and oxygen atoms in total. The summed E-state index contributed by atoms with van der Waals surface area (Å²) in [4.78, 5) is 4.07. The van der Waals surface area contributed by atoms with Crippen molar-refractivity contribution in [3.05, 3.63) is 30.1 Å². The smallest absolute Gasteiger partial charge is 0.188 e. The van der Waals surface area contributed by atoms with Crippen molar-refractivity contribution in [3.8, 4) is 5.75 Å². The van der Waals surface area contributed by atoms with Gasteiger partial charge in [-0.1, -0.05) is 6.42 Å². The summed E-state index contributed by atoms with van der Waals surface area (Å²) in [7, 11) is 0. The highest BCUT2D eigenvalue weighted by molar-refractivity contribution is 14.0. The molecular formula is C15H23FIN3O2. The zero-order valence-electron chi connectivity index (χ0n) is 12.4. The van der Waals surface area contributed by atoms with Gasteiger partial charge in [-0.15, -0.1) is 24.0 Å². The van der Waals surface area contributed by atoms with E-state index in [0.717, 1.165) is 6.54 Å². The van der Waals surface area contributed by atoms with Crippen molar-refractivity contribution in [1.82, 2.24) is 5.32 Å². The van der Waals surface area contributed by atoms with Gasteiger partial charge in [0.2, 0.25) is 0 Å². The molecule has 1 aliphatic carbocycles. The maximum absolute atomic E-state index is 12.7. The molecule has 0 bridgehead atoms. The van der Waals surface area contributed by atoms with Gasteiger partial charge in [0, 0.05) is 6.54 Å². The van der Waals surface area contributed by atoms with E-state index >= 15 is 0 Å². The van der Waals surface area contributed by atoms with Crippen LogP contribution in [0.25, 0.3) is 0 Å². The SMILES string of the molecule is I.NC(=NCC(O)COc1ccc(F)cc1)NCC1CCC1. The Kier molecular flexibility index (Phi) is 8.47. The Morgan fingerprint density at radius 2 is 2.09 bits per heavy atom. The topological polar surface area (TPSA) is 79.9 Å². The van der Waals surface area contributed by atoms with Gasteiger partial charge in [0.05, 0.1) is 6.54 Å². The molecular weight excluding hydrogens is 400 g/mol. The van der Waals surface area contributed by atoms with Gasteiger partial charge in [0.25, 0.3) is 0 Å². The average molecular weight is 423 g/mol. The van der Waals surface area contributed by atoms with E-state index in [1.54, 1.807) is 0 Å². The molecule has 124 valence electrons. The monoisotopic (exact) mass is 423 g/mol. The third-order valence-electron chi connectivity index (χ3n) is 3.53. The highest BCUT2D eigenvalue weighted by Crippen LogP contribution is 2.24. The van der Waals surface area contributed by atoms with Crippen LogP contribution in [0.4, 0.5) is 4.39 Å². The summed E-state index contributed by atoms with van der Waals surface area (Å²) in [5.74, 6) is 1.24. The summed E-state index contributed by atoms with van der Waals surface area (Å²) in [6, 6.07) is 5.64. The number of ether oxygens (including phenoxy) is 1. The van der Waals surface area contributed by atoms with Crippen LogP contribution in [0.1, 0.15) is 19.3 Å². The summed E-state index contributed by atoms with van der Waals surface area (Å²) < 4.78 is 18.0. The van der Waals surface area contributed by atoms with Gasteiger partial charge in [0.15, 0.2) is 5.96 Å². The fourth-order valence-electron chi connectivity index (χ4n) is 1.98. The molecule has 1 atom stereocenters. The molecule has 1 aliphatic rings. The number of nitrogens with zero attached hydrogens (tertiary/aromatic N) is 1. The van der Waals surface area contributed by atoms with Gasteiger partial charge in [-0.2, -0.15) is 0 Å². The van der Waals surface area contributed by atoms with Gasteiger partial charge in [-0.05, 0) is 43.0 Å². The van der Waals surface area contributed by atoms with Gasteiger partial charge in [0.1, 0.15) is 24.3 Å². The first-order valence-corrected chi connectivity index (χ1v) is 7.23. The number of hydrogen-bond donors (Lipinski definition) is 3. The lowest BCUT2D eigenvalue weighted by atomic mass is 9.85. The molecule has 0 saturated heterocycles. The van der Waals surface area contributed by atoms with Crippen LogP contribution in [0.5, 0.6) is 5.75 Å². The number of hydrogen-bond acceptors (Lipinski definition) is 3. The molecule has 0 aromatic heterocycles. The largest absolute Gasteiger partial charge is 0.491 e. The molecule has 1 aromatic rings. The molecule has 0 spiro atoms. The molecule has 2 rings (SSSR count). The number of rotatable bonds is 7. The highest BCUT2D eigenvalue weighted by atomic mass is 127. The van der Waals surface area contributed by atoms with Crippen molar-refractivity contribution in [2.45, 2.75) is 25.4 Å². The molecule has 4 N–H and O–H groups in total. The number of aliphatic imine (C=N–C) groups is 1. The molecule has 0 amide bonds. The van der Waals surface area contributed by atoms with Crippen molar-refractivity contribution in [2.24, 2.45) is 16.6 Å². The second-order valence-corrected chi connectivity index (χ2v) is 5.32. The minimum atomic E-state index is -0.751. The van der Waals surface area contributed by atoms with Crippen molar-refractivity contribution in [1.29, 1.82) is 0 Å². The van der Waals surface area contributed by atoms with Crippen LogP contribution in [-0.2, 0) is 0 Å². The molecule has 7 heteroatoms. The van der Waals surface area contributed by atoms with Crippen molar-refractivity contribution < 1.29 is 14.2 Å². The van der Waals surface area contributed by atoms with Crippen LogP contribution in [0.15, 0.2) is 29.3 Å². The third-order valence-corrected chi connectivity index (χ3v) is 3.53. The van der Waals surface area contributed by atoms with E-state index in [9.17, 15) is 9.50 Å². The maximum atomic E-state index is 12.7. The van der Waals surface area contributed by atoms with Crippen molar-refractivity contribution >= 4 is 29.9 Å². The minimum Gasteiger partial charge on any atom is -0.491 e. The molecule has 1 fully saturated rings. The first-order valence-electron chi connectivity index (χ1n) is 7.23. The van der Waals surface area contributed by atoms with Crippen molar-refractivity contribution in [3.63, 3.8) is 0 Å². The number of halogens is 2. The standard InChI is InChI=1S/C15H22FN3O2.HI/c16-12-4-6-14(7-5-12)21-10-13(20)9-19-15(17)18-8-11-2-1-3-11;/h4-7,11,13,20H,1-3,8-10H2,(H3,17,18,19);1H. The van der Waals surface area contributed by atoms with Crippen LogP contribution in [0.2, 0.25) is 0 Å². The summed E-state index contributed by atoms with van der Waals surface area (Å²) in [5.41, 5.74) is 5.72. The number of aliphatic hydroxyl groups is 1. The fourth-order valence-corrected chi connectivity index (χ4v) is 1.98. The molecule has 0 heterocycles.